The molecule has 0 spiro atoms. The Kier molecular flexibility index (Phi) is 27.9. The number of nitrogens with two attached hydrogens (primary N) is 1. The normalized spacial score (nSPS) is 1.75. The van der Waals surface area contributed by atoms with Crippen LogP contribution in [0.4, 0.5) is 0 Å². The summed E-state index contributed by atoms with van der Waals surface area (Å²) in [6, 6.07) is 1.50. The summed E-state index contributed by atoms with van der Waals surface area (Å²) in [4.78, 5) is 0. The van der Waals surface area contributed by atoms with Crippen LogP contribution in [0.1, 0.15) is 0 Å². The van der Waals surface area contributed by atoms with E-state index in [1.807, 2.05) is 0 Å². The third kappa shape index (κ3) is 989. The first-order valence-electron chi connectivity index (χ1n) is 0.539. The molecule has 0 aliphatic rings. The van der Waals surface area contributed by atoms with Gasteiger partial charge >= 0.3 is 18.9 Å². The molecule has 0 aromatic heterocycles. The van der Waals surface area contributed by atoms with E-state index in [2.05, 4.69) is 5.73 Å². The van der Waals surface area contributed by atoms with E-state index in [0.29, 0.717) is 0 Å². The second kappa shape index (κ2) is 12.4. The van der Waals surface area contributed by atoms with Crippen molar-refractivity contribution in [2.24, 2.45) is 5.73 Å². The van der Waals surface area contributed by atoms with Crippen molar-refractivity contribution in [3.05, 3.63) is 6.42 Å². The van der Waals surface area contributed by atoms with Crippen molar-refractivity contribution >= 4 is 0 Å². The van der Waals surface area contributed by atoms with Gasteiger partial charge in [-0.2, -0.15) is 0 Å². The van der Waals surface area contributed by atoms with Crippen LogP contribution in [0.25, 0.3) is 0 Å². The van der Waals surface area contributed by atoms with E-state index in [4.69, 9.17) is 6.42 Å². The second-order valence-electron chi connectivity index (χ2n) is 0.144. The van der Waals surface area contributed by atoms with Crippen LogP contribution in [-0.4, -0.2) is 0 Å². The number of hydrogen-bond donors (Lipinski definition) is 1. The molecule has 1 nitrogen and oxygen atoms in total. The first kappa shape index (κ1) is 9.03. The van der Waals surface area contributed by atoms with Crippen LogP contribution in [0, 0.1) is 12.5 Å². The van der Waals surface area contributed by atoms with Gasteiger partial charge in [-0.1, -0.05) is 0 Å². The zero-order valence-electron chi connectivity index (χ0n) is 2.58. The van der Waals surface area contributed by atoms with E-state index in [9.17, 15) is 0 Å². The summed E-state index contributed by atoms with van der Waals surface area (Å²) in [6.45, 7) is 0. The van der Waals surface area contributed by atoms with Crippen molar-refractivity contribution < 1.29 is 18.9 Å². The predicted molar refractivity (Wildman–Crippen MR) is 11.3 cm³/mol. The largest absolute Gasteiger partial charge is 1.00 e. The molecule has 0 unspecified atom stereocenters. The summed E-state index contributed by atoms with van der Waals surface area (Å²) in [6.07, 6.45) is 5.74. The quantitative estimate of drug-likeness (QED) is 0.130. The van der Waals surface area contributed by atoms with Gasteiger partial charge < -0.3 is 12.2 Å². The minimum Gasteiger partial charge on any atom is -0.670 e. The molecular formula is C2H2LiN. The molecule has 0 heterocycles. The van der Waals surface area contributed by atoms with Gasteiger partial charge in [0.05, 0.1) is 0 Å². The van der Waals surface area contributed by atoms with Gasteiger partial charge in [0.1, 0.15) is 0 Å². The van der Waals surface area contributed by atoms with Crippen molar-refractivity contribution in [2.45, 2.75) is 0 Å². The van der Waals surface area contributed by atoms with Crippen LogP contribution in [0.3, 0.4) is 0 Å². The molecule has 0 aromatic rings. The molecule has 0 saturated heterocycles. The Morgan fingerprint density at radius 2 is 1.75 bits per heavy atom. The van der Waals surface area contributed by atoms with Gasteiger partial charge in [-0.25, -0.2) is 0 Å². The molecule has 4 heavy (non-hydrogen) atoms. The molecule has 0 aliphatic carbocycles. The minimum absolute atomic E-state index is 0. The topological polar surface area (TPSA) is 26.0 Å². The molecule has 2 heteroatoms. The van der Waals surface area contributed by atoms with Crippen LogP contribution in [0.5, 0.6) is 0 Å². The van der Waals surface area contributed by atoms with E-state index < -0.39 is 0 Å². The van der Waals surface area contributed by atoms with Crippen molar-refractivity contribution in [2.75, 3.05) is 0 Å². The van der Waals surface area contributed by atoms with Crippen molar-refractivity contribution in [3.8, 4) is 6.04 Å². The Morgan fingerprint density at radius 1 is 1.75 bits per heavy atom. The Hall–Kier alpha value is -0.0426. The first-order chi connectivity index (χ1) is 1.41. The average Bonchev–Trinajstić information content (AvgIpc) is 0.918. The fraction of sp³-hybridized carbons (Fsp3) is 0. The molecule has 0 amide bonds. The molecule has 0 fully saturated rings. The Balaban J connectivity index is 0. The van der Waals surface area contributed by atoms with Crippen molar-refractivity contribution in [3.63, 3.8) is 0 Å². The van der Waals surface area contributed by atoms with Crippen molar-refractivity contribution in [1.29, 1.82) is 0 Å². The predicted octanol–water partition coefficient (Wildman–Crippen LogP) is -3.50. The van der Waals surface area contributed by atoms with Crippen LogP contribution in [0.15, 0.2) is 0 Å². The van der Waals surface area contributed by atoms with Crippen LogP contribution < -0.4 is 24.6 Å². The monoisotopic (exact) mass is 47.0 g/mol. The molecule has 0 aliphatic heterocycles. The molecule has 0 radical (unpaired) electrons. The van der Waals surface area contributed by atoms with Crippen LogP contribution in [0.2, 0.25) is 0 Å². The van der Waals surface area contributed by atoms with E-state index in [1.54, 1.807) is 0 Å². The van der Waals surface area contributed by atoms with Gasteiger partial charge in [-0.05, 0) is 0 Å². The maximum absolute atomic E-state index is 5.74. The molecule has 0 bridgehead atoms. The summed E-state index contributed by atoms with van der Waals surface area (Å²) in [7, 11) is 0. The van der Waals surface area contributed by atoms with Crippen LogP contribution >= 0.6 is 0 Å². The first-order valence-corrected chi connectivity index (χ1v) is 0.539. The fourth-order valence-corrected chi connectivity index (χ4v) is 0. The van der Waals surface area contributed by atoms with Crippen LogP contribution in [-0.2, 0) is 0 Å². The molecule has 2 N–H and O–H groups in total. The summed E-state index contributed by atoms with van der Waals surface area (Å²) < 4.78 is 0. The Morgan fingerprint density at radius 3 is 1.75 bits per heavy atom. The SMILES string of the molecule is [C-]#CN.[Li+]. The minimum atomic E-state index is 0. The average molecular weight is 47.0 g/mol. The Bertz CT molecular complexity index is 27.5. The summed E-state index contributed by atoms with van der Waals surface area (Å²) >= 11 is 0. The maximum Gasteiger partial charge on any atom is 1.00 e. The number of rotatable bonds is 0. The van der Waals surface area contributed by atoms with Gasteiger partial charge in [-0.15, -0.1) is 0 Å². The zero-order valence-corrected chi connectivity index (χ0v) is 2.58. The van der Waals surface area contributed by atoms with Gasteiger partial charge in [0, 0.05) is 0 Å². The maximum atomic E-state index is 5.74. The molecule has 0 saturated carbocycles. The molecule has 0 aromatic carbocycles. The van der Waals surface area contributed by atoms with Gasteiger partial charge in [-0.3, -0.25) is 6.04 Å². The molecule has 0 atom stereocenters. The molecule has 16 valence electrons. The van der Waals surface area contributed by atoms with E-state index in [-0.39, 0.29) is 18.9 Å². The fourth-order valence-electron chi connectivity index (χ4n) is 0. The van der Waals surface area contributed by atoms with E-state index in [1.165, 1.54) is 6.04 Å². The summed E-state index contributed by atoms with van der Waals surface area (Å²) in [5.41, 5.74) is 4.26. The van der Waals surface area contributed by atoms with Gasteiger partial charge in [0.25, 0.3) is 0 Å². The molecule has 0 rings (SSSR count). The van der Waals surface area contributed by atoms with Gasteiger partial charge in [0.15, 0.2) is 0 Å². The Labute approximate surface area is 37.7 Å². The number of hydrogen-bond acceptors (Lipinski definition) is 1. The third-order valence-electron chi connectivity index (χ3n) is 0. The van der Waals surface area contributed by atoms with Gasteiger partial charge in [0.2, 0.25) is 0 Å². The van der Waals surface area contributed by atoms with Crippen molar-refractivity contribution in [1.82, 2.24) is 0 Å². The molecular weight excluding hydrogens is 45.0 g/mol. The summed E-state index contributed by atoms with van der Waals surface area (Å²) in [5, 5.41) is 0. The smallest absolute Gasteiger partial charge is 0.670 e. The third-order valence-corrected chi connectivity index (χ3v) is 0. The summed E-state index contributed by atoms with van der Waals surface area (Å²) in [5.74, 6) is 0. The second-order valence-corrected chi connectivity index (χ2v) is 0.144. The zero-order chi connectivity index (χ0) is 2.71. The van der Waals surface area contributed by atoms with E-state index >= 15 is 0 Å². The standard InChI is InChI=1S/C2H2N.Li/c1-2-3;/h3H2;/q-1;+1. The van der Waals surface area contributed by atoms with E-state index in [0.717, 1.165) is 0 Å².